The normalized spacial score (nSPS) is 19.3. The third-order valence-corrected chi connectivity index (χ3v) is 3.48. The molecule has 1 aromatic carbocycles. The minimum Gasteiger partial charge on any atom is -0.444 e. The second-order valence-electron chi connectivity index (χ2n) is 6.57. The summed E-state index contributed by atoms with van der Waals surface area (Å²) in [6, 6.07) is 9.72. The maximum atomic E-state index is 12.4. The molecule has 1 heterocycles. The third kappa shape index (κ3) is 4.76. The van der Waals surface area contributed by atoms with Crippen molar-refractivity contribution in [2.24, 2.45) is 0 Å². The van der Waals surface area contributed by atoms with E-state index in [2.05, 4.69) is 5.32 Å². The topological polar surface area (TPSA) is 58.6 Å². The molecule has 1 fully saturated rings. The highest BCUT2D eigenvalue weighted by molar-refractivity contribution is 5.78. The summed E-state index contributed by atoms with van der Waals surface area (Å²) < 4.78 is 5.48. The van der Waals surface area contributed by atoms with Gasteiger partial charge in [-0.2, -0.15) is 0 Å². The van der Waals surface area contributed by atoms with Crippen LogP contribution in [0.3, 0.4) is 0 Å². The van der Waals surface area contributed by atoms with E-state index >= 15 is 0 Å². The third-order valence-electron chi connectivity index (χ3n) is 3.48. The van der Waals surface area contributed by atoms with Crippen LogP contribution < -0.4 is 5.32 Å². The molecule has 22 heavy (non-hydrogen) atoms. The van der Waals surface area contributed by atoms with Crippen LogP contribution in [-0.2, 0) is 16.0 Å². The molecule has 1 saturated heterocycles. The Morgan fingerprint density at radius 1 is 1.32 bits per heavy atom. The Kier molecular flexibility index (Phi) is 5.06. The molecule has 0 bridgehead atoms. The van der Waals surface area contributed by atoms with E-state index in [0.717, 1.165) is 5.56 Å². The van der Waals surface area contributed by atoms with E-state index in [9.17, 15) is 9.59 Å². The van der Waals surface area contributed by atoms with Gasteiger partial charge in [-0.3, -0.25) is 4.79 Å². The van der Waals surface area contributed by atoms with Gasteiger partial charge in [0.25, 0.3) is 0 Å². The van der Waals surface area contributed by atoms with Crippen LogP contribution in [0.2, 0.25) is 0 Å². The maximum Gasteiger partial charge on any atom is 0.410 e. The SMILES string of the molecule is CC(C)(C)OC(=O)N1CCNC(=O)CC1Cc1ccccc1. The fraction of sp³-hybridized carbons (Fsp3) is 0.529. The van der Waals surface area contributed by atoms with Gasteiger partial charge in [-0.15, -0.1) is 0 Å². The van der Waals surface area contributed by atoms with Gasteiger partial charge >= 0.3 is 6.09 Å². The van der Waals surface area contributed by atoms with Crippen molar-refractivity contribution >= 4 is 12.0 Å². The molecule has 2 amide bonds. The Morgan fingerprint density at radius 2 is 2.00 bits per heavy atom. The lowest BCUT2D eigenvalue weighted by atomic mass is 10.0. The van der Waals surface area contributed by atoms with E-state index in [1.807, 2.05) is 51.1 Å². The van der Waals surface area contributed by atoms with Crippen molar-refractivity contribution in [1.29, 1.82) is 0 Å². The monoisotopic (exact) mass is 304 g/mol. The second kappa shape index (κ2) is 6.81. The van der Waals surface area contributed by atoms with Gasteiger partial charge < -0.3 is 15.0 Å². The molecule has 0 saturated carbocycles. The first-order chi connectivity index (χ1) is 10.3. The first kappa shape index (κ1) is 16.3. The van der Waals surface area contributed by atoms with Crippen LogP contribution in [0.15, 0.2) is 30.3 Å². The van der Waals surface area contributed by atoms with E-state index in [1.165, 1.54) is 0 Å². The molecule has 5 nitrogen and oxygen atoms in total. The molecule has 2 rings (SSSR count). The lowest BCUT2D eigenvalue weighted by Crippen LogP contribution is -2.45. The maximum absolute atomic E-state index is 12.4. The molecule has 0 spiro atoms. The van der Waals surface area contributed by atoms with Gasteiger partial charge in [0.1, 0.15) is 5.60 Å². The Hall–Kier alpha value is -2.04. The number of carbonyl (C=O) groups excluding carboxylic acids is 2. The Balaban J connectivity index is 2.15. The molecule has 1 N–H and O–H groups in total. The van der Waals surface area contributed by atoms with Gasteiger partial charge in [0.15, 0.2) is 0 Å². The average molecular weight is 304 g/mol. The summed E-state index contributed by atoms with van der Waals surface area (Å²) in [4.78, 5) is 26.0. The van der Waals surface area contributed by atoms with Crippen LogP contribution in [-0.4, -0.2) is 41.6 Å². The Bertz CT molecular complexity index is 522. The number of nitrogens with zero attached hydrogens (tertiary/aromatic N) is 1. The number of hydrogen-bond donors (Lipinski definition) is 1. The first-order valence-electron chi connectivity index (χ1n) is 7.65. The molecular formula is C17H24N2O3. The first-order valence-corrected chi connectivity index (χ1v) is 7.65. The molecule has 5 heteroatoms. The Labute approximate surface area is 131 Å². The molecule has 1 atom stereocenters. The number of amides is 2. The van der Waals surface area contributed by atoms with Crippen LogP contribution in [0.5, 0.6) is 0 Å². The second-order valence-corrected chi connectivity index (χ2v) is 6.57. The fourth-order valence-electron chi connectivity index (χ4n) is 2.52. The van der Waals surface area contributed by atoms with Crippen molar-refractivity contribution in [2.45, 2.75) is 45.3 Å². The van der Waals surface area contributed by atoms with Crippen molar-refractivity contribution in [2.75, 3.05) is 13.1 Å². The highest BCUT2D eigenvalue weighted by atomic mass is 16.6. The van der Waals surface area contributed by atoms with E-state index in [4.69, 9.17) is 4.74 Å². The van der Waals surface area contributed by atoms with Crippen LogP contribution in [0.25, 0.3) is 0 Å². The van der Waals surface area contributed by atoms with Crippen molar-refractivity contribution in [1.82, 2.24) is 10.2 Å². The summed E-state index contributed by atoms with van der Waals surface area (Å²) in [5.74, 6) is -0.0213. The zero-order valence-electron chi connectivity index (χ0n) is 13.5. The molecule has 0 radical (unpaired) electrons. The predicted octanol–water partition coefficient (Wildman–Crippen LogP) is 2.35. The summed E-state index contributed by atoms with van der Waals surface area (Å²) in [6.07, 6.45) is 0.590. The molecule has 120 valence electrons. The van der Waals surface area contributed by atoms with Gasteiger partial charge in [0, 0.05) is 25.6 Å². The van der Waals surface area contributed by atoms with Gasteiger partial charge in [0.05, 0.1) is 0 Å². The number of rotatable bonds is 2. The van der Waals surface area contributed by atoms with Gasteiger partial charge in [-0.05, 0) is 32.8 Å². The Morgan fingerprint density at radius 3 is 2.64 bits per heavy atom. The van der Waals surface area contributed by atoms with Crippen molar-refractivity contribution in [3.8, 4) is 0 Å². The van der Waals surface area contributed by atoms with E-state index < -0.39 is 5.60 Å². The van der Waals surface area contributed by atoms with E-state index in [0.29, 0.717) is 25.9 Å². The molecular weight excluding hydrogens is 280 g/mol. The minimum absolute atomic E-state index is 0.0213. The number of hydrogen-bond acceptors (Lipinski definition) is 3. The molecule has 0 aliphatic carbocycles. The quantitative estimate of drug-likeness (QED) is 0.912. The molecule has 0 aromatic heterocycles. The molecule has 1 aliphatic heterocycles. The van der Waals surface area contributed by atoms with E-state index in [-0.39, 0.29) is 18.0 Å². The van der Waals surface area contributed by atoms with Crippen LogP contribution in [0.4, 0.5) is 4.79 Å². The molecule has 1 aromatic rings. The van der Waals surface area contributed by atoms with Crippen LogP contribution in [0, 0.1) is 0 Å². The van der Waals surface area contributed by atoms with Crippen molar-refractivity contribution in [3.05, 3.63) is 35.9 Å². The van der Waals surface area contributed by atoms with Gasteiger partial charge in [0.2, 0.25) is 5.91 Å². The fourth-order valence-corrected chi connectivity index (χ4v) is 2.52. The lowest BCUT2D eigenvalue weighted by molar-refractivity contribution is -0.121. The summed E-state index contributed by atoms with van der Waals surface area (Å²) >= 11 is 0. The number of nitrogens with one attached hydrogen (secondary N) is 1. The minimum atomic E-state index is -0.544. The van der Waals surface area contributed by atoms with Crippen molar-refractivity contribution in [3.63, 3.8) is 0 Å². The highest BCUT2D eigenvalue weighted by Gasteiger charge is 2.31. The smallest absolute Gasteiger partial charge is 0.410 e. The largest absolute Gasteiger partial charge is 0.444 e. The van der Waals surface area contributed by atoms with Gasteiger partial charge in [-0.25, -0.2) is 4.79 Å². The summed E-state index contributed by atoms with van der Waals surface area (Å²) in [6.45, 7) is 6.47. The standard InChI is InChI=1S/C17H24N2O3/c1-17(2,3)22-16(21)19-10-9-18-15(20)12-14(19)11-13-7-5-4-6-8-13/h4-8,14H,9-12H2,1-3H3,(H,18,20). The lowest BCUT2D eigenvalue weighted by Gasteiger charge is -2.31. The predicted molar refractivity (Wildman–Crippen MR) is 84.5 cm³/mol. The molecule has 1 unspecified atom stereocenters. The number of benzene rings is 1. The summed E-state index contributed by atoms with van der Waals surface area (Å²) in [5.41, 5.74) is 0.564. The zero-order valence-corrected chi connectivity index (χ0v) is 13.5. The summed E-state index contributed by atoms with van der Waals surface area (Å²) in [5, 5.41) is 2.82. The van der Waals surface area contributed by atoms with Crippen LogP contribution >= 0.6 is 0 Å². The number of ether oxygens (including phenoxy) is 1. The molecule has 1 aliphatic rings. The highest BCUT2D eigenvalue weighted by Crippen LogP contribution is 2.18. The zero-order chi connectivity index (χ0) is 16.2. The van der Waals surface area contributed by atoms with Crippen molar-refractivity contribution < 1.29 is 14.3 Å². The average Bonchev–Trinajstić information content (AvgIpc) is 2.59. The number of carbonyl (C=O) groups is 2. The van der Waals surface area contributed by atoms with Gasteiger partial charge in [-0.1, -0.05) is 30.3 Å². The van der Waals surface area contributed by atoms with Crippen LogP contribution in [0.1, 0.15) is 32.8 Å². The van der Waals surface area contributed by atoms with E-state index in [1.54, 1.807) is 4.90 Å². The summed E-state index contributed by atoms with van der Waals surface area (Å²) in [7, 11) is 0.